The van der Waals surface area contributed by atoms with Gasteiger partial charge in [0.1, 0.15) is 0 Å². The van der Waals surface area contributed by atoms with Gasteiger partial charge in [0, 0.05) is 18.6 Å². The second kappa shape index (κ2) is 7.24. The maximum Gasteiger partial charge on any atom is 0.0594 e. The number of rotatable bonds is 6. The van der Waals surface area contributed by atoms with Gasteiger partial charge in [-0.1, -0.05) is 45.0 Å². The lowest BCUT2D eigenvalue weighted by molar-refractivity contribution is 0.0956. The highest BCUT2D eigenvalue weighted by molar-refractivity contribution is 5.27. The van der Waals surface area contributed by atoms with Crippen LogP contribution in [-0.4, -0.2) is 19.3 Å². The second-order valence-electron chi connectivity index (χ2n) is 6.41. The van der Waals surface area contributed by atoms with Gasteiger partial charge in [-0.3, -0.25) is 0 Å². The Kier molecular flexibility index (Phi) is 5.62. The molecule has 0 radical (unpaired) electrons. The zero-order valence-electron chi connectivity index (χ0n) is 13.4. The first-order chi connectivity index (χ1) is 9.61. The number of ether oxygens (including phenoxy) is 1. The molecular formula is C18H29NO. The fourth-order valence-corrected chi connectivity index (χ4v) is 3.31. The molecular weight excluding hydrogens is 246 g/mol. The molecule has 0 spiro atoms. The standard InChI is InChI=1S/C18H29NO/c1-5-19-18(17-9-10-20-14(17)4)16-8-6-7-15(12-16)11-13(2)3/h6-8,12-14,17-19H,5,9-11H2,1-4H3. The van der Waals surface area contributed by atoms with Crippen LogP contribution in [0.4, 0.5) is 0 Å². The van der Waals surface area contributed by atoms with Crippen LogP contribution in [0, 0.1) is 11.8 Å². The van der Waals surface area contributed by atoms with E-state index in [2.05, 4.69) is 57.3 Å². The molecule has 3 unspecified atom stereocenters. The molecule has 112 valence electrons. The van der Waals surface area contributed by atoms with Crippen LogP contribution in [0.25, 0.3) is 0 Å². The molecule has 1 aliphatic rings. The summed E-state index contributed by atoms with van der Waals surface area (Å²) in [5, 5.41) is 3.67. The van der Waals surface area contributed by atoms with Gasteiger partial charge in [0.25, 0.3) is 0 Å². The molecule has 1 N–H and O–H groups in total. The summed E-state index contributed by atoms with van der Waals surface area (Å²) in [6, 6.07) is 9.53. The minimum atomic E-state index is 0.354. The van der Waals surface area contributed by atoms with Gasteiger partial charge in [0.05, 0.1) is 6.10 Å². The van der Waals surface area contributed by atoms with E-state index in [9.17, 15) is 0 Å². The SMILES string of the molecule is CCNC(c1cccc(CC(C)C)c1)C1CCOC1C. The third-order valence-electron chi connectivity index (χ3n) is 4.24. The third-order valence-corrected chi connectivity index (χ3v) is 4.24. The Morgan fingerprint density at radius 3 is 2.75 bits per heavy atom. The lowest BCUT2D eigenvalue weighted by Crippen LogP contribution is -2.31. The minimum Gasteiger partial charge on any atom is -0.378 e. The van der Waals surface area contributed by atoms with E-state index in [0.29, 0.717) is 24.0 Å². The summed E-state index contributed by atoms with van der Waals surface area (Å²) >= 11 is 0. The lowest BCUT2D eigenvalue weighted by atomic mass is 9.87. The third kappa shape index (κ3) is 3.83. The largest absolute Gasteiger partial charge is 0.378 e. The Morgan fingerprint density at radius 1 is 1.35 bits per heavy atom. The molecule has 1 aliphatic heterocycles. The molecule has 20 heavy (non-hydrogen) atoms. The van der Waals surface area contributed by atoms with Crippen LogP contribution in [-0.2, 0) is 11.2 Å². The summed E-state index contributed by atoms with van der Waals surface area (Å²) in [6.45, 7) is 10.9. The molecule has 2 nitrogen and oxygen atoms in total. The predicted molar refractivity (Wildman–Crippen MR) is 84.9 cm³/mol. The number of nitrogens with one attached hydrogen (secondary N) is 1. The maximum atomic E-state index is 5.77. The van der Waals surface area contributed by atoms with Crippen molar-refractivity contribution in [2.75, 3.05) is 13.2 Å². The van der Waals surface area contributed by atoms with Gasteiger partial charge in [-0.25, -0.2) is 0 Å². The van der Waals surface area contributed by atoms with Gasteiger partial charge < -0.3 is 10.1 Å². The summed E-state index contributed by atoms with van der Waals surface area (Å²) in [5.74, 6) is 1.29. The Bertz CT molecular complexity index is 416. The summed E-state index contributed by atoms with van der Waals surface area (Å²) in [7, 11) is 0. The first-order valence-corrected chi connectivity index (χ1v) is 8.05. The highest BCUT2D eigenvalue weighted by Crippen LogP contribution is 2.33. The van der Waals surface area contributed by atoms with Crippen molar-refractivity contribution in [1.29, 1.82) is 0 Å². The first kappa shape index (κ1) is 15.5. The van der Waals surface area contributed by atoms with E-state index in [-0.39, 0.29) is 0 Å². The summed E-state index contributed by atoms with van der Waals surface area (Å²) < 4.78 is 5.77. The van der Waals surface area contributed by atoms with Crippen molar-refractivity contribution < 1.29 is 4.74 Å². The van der Waals surface area contributed by atoms with E-state index in [1.54, 1.807) is 0 Å². The smallest absolute Gasteiger partial charge is 0.0594 e. The zero-order valence-corrected chi connectivity index (χ0v) is 13.4. The molecule has 0 saturated carbocycles. The van der Waals surface area contributed by atoms with Crippen molar-refractivity contribution in [1.82, 2.24) is 5.32 Å². The lowest BCUT2D eigenvalue weighted by Gasteiger charge is -2.27. The van der Waals surface area contributed by atoms with E-state index < -0.39 is 0 Å². The molecule has 1 heterocycles. The fourth-order valence-electron chi connectivity index (χ4n) is 3.31. The second-order valence-corrected chi connectivity index (χ2v) is 6.41. The van der Waals surface area contributed by atoms with Crippen LogP contribution in [0.5, 0.6) is 0 Å². The molecule has 1 fully saturated rings. The van der Waals surface area contributed by atoms with Gasteiger partial charge in [0.2, 0.25) is 0 Å². The Labute approximate surface area is 123 Å². The van der Waals surface area contributed by atoms with Gasteiger partial charge in [-0.05, 0) is 43.4 Å². The highest BCUT2D eigenvalue weighted by Gasteiger charge is 2.32. The van der Waals surface area contributed by atoms with Crippen LogP contribution in [0.2, 0.25) is 0 Å². The van der Waals surface area contributed by atoms with E-state index in [4.69, 9.17) is 4.74 Å². The maximum absolute atomic E-state index is 5.77. The number of hydrogen-bond donors (Lipinski definition) is 1. The summed E-state index contributed by atoms with van der Waals surface area (Å²) in [5.41, 5.74) is 2.87. The van der Waals surface area contributed by atoms with Crippen LogP contribution in [0.3, 0.4) is 0 Å². The van der Waals surface area contributed by atoms with Gasteiger partial charge in [0.15, 0.2) is 0 Å². The van der Waals surface area contributed by atoms with Crippen molar-refractivity contribution in [3.05, 3.63) is 35.4 Å². The molecule has 0 bridgehead atoms. The van der Waals surface area contributed by atoms with Gasteiger partial charge in [-0.15, -0.1) is 0 Å². The number of hydrogen-bond acceptors (Lipinski definition) is 2. The van der Waals surface area contributed by atoms with Crippen molar-refractivity contribution in [3.8, 4) is 0 Å². The van der Waals surface area contributed by atoms with Crippen molar-refractivity contribution in [3.63, 3.8) is 0 Å². The van der Waals surface area contributed by atoms with Crippen LogP contribution >= 0.6 is 0 Å². The molecule has 1 aromatic rings. The molecule has 1 saturated heterocycles. The van der Waals surface area contributed by atoms with E-state index >= 15 is 0 Å². The Morgan fingerprint density at radius 2 is 2.15 bits per heavy atom. The summed E-state index contributed by atoms with van der Waals surface area (Å²) in [6.07, 6.45) is 2.67. The van der Waals surface area contributed by atoms with Crippen LogP contribution in [0.15, 0.2) is 24.3 Å². The molecule has 2 rings (SSSR count). The fraction of sp³-hybridized carbons (Fsp3) is 0.667. The Hall–Kier alpha value is -0.860. The van der Waals surface area contributed by atoms with Crippen LogP contribution < -0.4 is 5.32 Å². The topological polar surface area (TPSA) is 21.3 Å². The number of benzene rings is 1. The van der Waals surface area contributed by atoms with Crippen molar-refractivity contribution >= 4 is 0 Å². The summed E-state index contributed by atoms with van der Waals surface area (Å²) in [4.78, 5) is 0. The monoisotopic (exact) mass is 275 g/mol. The Balaban J connectivity index is 2.20. The quantitative estimate of drug-likeness (QED) is 0.848. The van der Waals surface area contributed by atoms with Crippen LogP contribution in [0.1, 0.15) is 51.3 Å². The molecule has 0 amide bonds. The normalized spacial score (nSPS) is 24.2. The predicted octanol–water partition coefficient (Wildman–Crippen LogP) is 3.96. The molecule has 0 aliphatic carbocycles. The first-order valence-electron chi connectivity index (χ1n) is 8.05. The van der Waals surface area contributed by atoms with Crippen molar-refractivity contribution in [2.24, 2.45) is 11.8 Å². The molecule has 2 heteroatoms. The molecule has 1 aromatic carbocycles. The van der Waals surface area contributed by atoms with E-state index in [1.807, 2.05) is 0 Å². The average Bonchev–Trinajstić information content (AvgIpc) is 2.81. The van der Waals surface area contributed by atoms with Crippen molar-refractivity contribution in [2.45, 2.75) is 52.7 Å². The van der Waals surface area contributed by atoms with E-state index in [0.717, 1.165) is 26.0 Å². The minimum absolute atomic E-state index is 0.354. The zero-order chi connectivity index (χ0) is 14.5. The molecule has 0 aromatic heterocycles. The highest BCUT2D eigenvalue weighted by atomic mass is 16.5. The molecule has 3 atom stereocenters. The average molecular weight is 275 g/mol. The van der Waals surface area contributed by atoms with Gasteiger partial charge in [-0.2, -0.15) is 0 Å². The van der Waals surface area contributed by atoms with E-state index in [1.165, 1.54) is 11.1 Å². The van der Waals surface area contributed by atoms with Gasteiger partial charge >= 0.3 is 0 Å².